The zero-order valence-electron chi connectivity index (χ0n) is 39.6. The van der Waals surface area contributed by atoms with Crippen molar-refractivity contribution in [2.75, 3.05) is 6.61 Å². The Kier molecular flexibility index (Phi) is 49.2. The second-order valence-electron chi connectivity index (χ2n) is 18.3. The maximum absolute atomic E-state index is 12.4. The van der Waals surface area contributed by atoms with E-state index in [0.717, 1.165) is 32.1 Å². The minimum absolute atomic E-state index is 0.0689. The van der Waals surface area contributed by atoms with Gasteiger partial charge in [0.05, 0.1) is 18.8 Å². The van der Waals surface area contributed by atoms with E-state index < -0.39 is 12.1 Å². The van der Waals surface area contributed by atoms with Gasteiger partial charge >= 0.3 is 0 Å². The van der Waals surface area contributed by atoms with Gasteiger partial charge in [0.2, 0.25) is 5.91 Å². The van der Waals surface area contributed by atoms with Crippen LogP contribution in [0.1, 0.15) is 296 Å². The van der Waals surface area contributed by atoms with E-state index in [1.54, 1.807) is 6.08 Å². The molecule has 0 aromatic carbocycles. The van der Waals surface area contributed by atoms with Crippen molar-refractivity contribution >= 4 is 5.91 Å². The summed E-state index contributed by atoms with van der Waals surface area (Å²) in [6, 6.07) is -0.635. The van der Waals surface area contributed by atoms with Gasteiger partial charge in [0.15, 0.2) is 0 Å². The average Bonchev–Trinajstić information content (AvgIpc) is 3.23. The maximum Gasteiger partial charge on any atom is 0.220 e. The molecule has 0 rings (SSSR count). The molecule has 0 spiro atoms. The number of aliphatic hydroxyl groups excluding tert-OH is 2. The summed E-state index contributed by atoms with van der Waals surface area (Å²) in [5, 5.41) is 23.1. The summed E-state index contributed by atoms with van der Waals surface area (Å²) in [4.78, 5) is 12.4. The number of unbranched alkanes of at least 4 members (excludes halogenated alkanes) is 40. The molecule has 4 nitrogen and oxygen atoms in total. The van der Waals surface area contributed by atoms with Crippen molar-refractivity contribution in [3.63, 3.8) is 0 Å². The fourth-order valence-electron chi connectivity index (χ4n) is 8.37. The first-order chi connectivity index (χ1) is 28.7. The number of aliphatic hydroxyl groups is 2. The number of nitrogens with one attached hydrogen (secondary N) is 1. The Morgan fingerprint density at radius 1 is 0.397 bits per heavy atom. The molecular formula is C54H105NO3. The van der Waals surface area contributed by atoms with Gasteiger partial charge in [-0.1, -0.05) is 282 Å². The number of allylic oxidation sites excluding steroid dienone is 3. The number of rotatable bonds is 49. The maximum atomic E-state index is 12.4. The molecule has 4 heteroatoms. The fourth-order valence-corrected chi connectivity index (χ4v) is 8.37. The highest BCUT2D eigenvalue weighted by atomic mass is 16.3. The summed E-state index contributed by atoms with van der Waals surface area (Å²) in [5.74, 6) is -0.0689. The van der Waals surface area contributed by atoms with Gasteiger partial charge in [0.25, 0.3) is 0 Å². The molecule has 1 amide bonds. The van der Waals surface area contributed by atoms with E-state index in [9.17, 15) is 15.0 Å². The fraction of sp³-hybridized carbons (Fsp3) is 0.907. The molecule has 2 atom stereocenters. The van der Waals surface area contributed by atoms with Crippen molar-refractivity contribution in [3.05, 3.63) is 24.3 Å². The molecule has 0 saturated heterocycles. The van der Waals surface area contributed by atoms with Crippen LogP contribution in [0.15, 0.2) is 24.3 Å². The third kappa shape index (κ3) is 45.9. The Morgan fingerprint density at radius 3 is 1.00 bits per heavy atom. The molecule has 0 bridgehead atoms. The van der Waals surface area contributed by atoms with Gasteiger partial charge in [0.1, 0.15) is 0 Å². The Balaban J connectivity index is 3.49. The number of amides is 1. The largest absolute Gasteiger partial charge is 0.394 e. The SMILES string of the molecule is CCCCCCCCCCCCCCCCCCCCCCCCCC/C=C/CC/C=C/C(O)C(CO)NC(=O)CCCCCCCCCCCCCCCCCC. The summed E-state index contributed by atoms with van der Waals surface area (Å²) >= 11 is 0. The monoisotopic (exact) mass is 816 g/mol. The number of hydrogen-bond donors (Lipinski definition) is 3. The van der Waals surface area contributed by atoms with Crippen LogP contribution in [0.5, 0.6) is 0 Å². The molecular weight excluding hydrogens is 711 g/mol. The quantitative estimate of drug-likeness (QED) is 0.0423. The van der Waals surface area contributed by atoms with Gasteiger partial charge in [0, 0.05) is 6.42 Å². The molecule has 0 saturated carbocycles. The second kappa shape index (κ2) is 50.2. The summed E-state index contributed by atoms with van der Waals surface area (Å²) in [5.41, 5.74) is 0. The molecule has 3 N–H and O–H groups in total. The van der Waals surface area contributed by atoms with Crippen LogP contribution in [0.4, 0.5) is 0 Å². The first kappa shape index (κ1) is 56.9. The molecule has 344 valence electrons. The van der Waals surface area contributed by atoms with Crippen LogP contribution in [0.2, 0.25) is 0 Å². The normalized spacial score (nSPS) is 13.0. The molecule has 0 aliphatic carbocycles. The van der Waals surface area contributed by atoms with E-state index >= 15 is 0 Å². The van der Waals surface area contributed by atoms with Gasteiger partial charge in [-0.15, -0.1) is 0 Å². The van der Waals surface area contributed by atoms with Crippen LogP contribution in [-0.4, -0.2) is 34.9 Å². The van der Waals surface area contributed by atoms with Crippen LogP contribution in [0.25, 0.3) is 0 Å². The highest BCUT2D eigenvalue weighted by Crippen LogP contribution is 2.17. The Hall–Kier alpha value is -1.13. The zero-order chi connectivity index (χ0) is 42.1. The Morgan fingerprint density at radius 2 is 0.672 bits per heavy atom. The number of hydrogen-bond acceptors (Lipinski definition) is 3. The first-order valence-corrected chi connectivity index (χ1v) is 26.6. The smallest absolute Gasteiger partial charge is 0.220 e. The van der Waals surface area contributed by atoms with Crippen molar-refractivity contribution < 1.29 is 15.0 Å². The molecule has 58 heavy (non-hydrogen) atoms. The average molecular weight is 816 g/mol. The van der Waals surface area contributed by atoms with E-state index in [-0.39, 0.29) is 12.5 Å². The Bertz CT molecular complexity index is 840. The minimum Gasteiger partial charge on any atom is -0.394 e. The van der Waals surface area contributed by atoms with Gasteiger partial charge in [-0.05, 0) is 32.1 Å². The van der Waals surface area contributed by atoms with Crippen molar-refractivity contribution in [3.8, 4) is 0 Å². The second-order valence-corrected chi connectivity index (χ2v) is 18.3. The van der Waals surface area contributed by atoms with Crippen molar-refractivity contribution in [1.29, 1.82) is 0 Å². The van der Waals surface area contributed by atoms with Gasteiger partial charge in [-0.25, -0.2) is 0 Å². The van der Waals surface area contributed by atoms with Crippen LogP contribution in [0.3, 0.4) is 0 Å². The summed E-state index contributed by atoms with van der Waals surface area (Å²) in [6.07, 6.45) is 66.2. The van der Waals surface area contributed by atoms with Gasteiger partial charge in [-0.3, -0.25) is 4.79 Å². The highest BCUT2D eigenvalue weighted by Gasteiger charge is 2.18. The van der Waals surface area contributed by atoms with E-state index in [2.05, 4.69) is 31.3 Å². The predicted molar refractivity (Wildman–Crippen MR) is 258 cm³/mol. The molecule has 0 aromatic rings. The van der Waals surface area contributed by atoms with E-state index in [0.29, 0.717) is 6.42 Å². The van der Waals surface area contributed by atoms with Crippen LogP contribution in [0, 0.1) is 0 Å². The van der Waals surface area contributed by atoms with Crippen molar-refractivity contribution in [1.82, 2.24) is 5.32 Å². The van der Waals surface area contributed by atoms with E-state index in [1.165, 1.54) is 244 Å². The third-order valence-corrected chi connectivity index (χ3v) is 12.4. The Labute approximate surface area is 364 Å². The number of carbonyl (C=O) groups is 1. The molecule has 0 radical (unpaired) electrons. The lowest BCUT2D eigenvalue weighted by atomic mass is 10.0. The first-order valence-electron chi connectivity index (χ1n) is 26.6. The van der Waals surface area contributed by atoms with Crippen LogP contribution < -0.4 is 5.32 Å². The van der Waals surface area contributed by atoms with Crippen LogP contribution >= 0.6 is 0 Å². The topological polar surface area (TPSA) is 69.6 Å². The van der Waals surface area contributed by atoms with Crippen molar-refractivity contribution in [2.24, 2.45) is 0 Å². The zero-order valence-corrected chi connectivity index (χ0v) is 39.6. The summed E-state index contributed by atoms with van der Waals surface area (Å²) in [6.45, 7) is 4.33. The third-order valence-electron chi connectivity index (χ3n) is 12.4. The van der Waals surface area contributed by atoms with E-state index in [1.807, 2.05) is 6.08 Å². The molecule has 0 aromatic heterocycles. The molecule has 0 fully saturated rings. The standard InChI is InChI=1S/C54H105NO3/c1-3-5-7-9-11-13-15-17-19-21-22-23-24-25-26-27-28-29-30-31-32-33-34-35-37-39-41-43-45-47-49-53(57)52(51-56)55-54(58)50-48-46-44-42-40-38-36-20-18-16-14-12-10-8-6-4-2/h39,41,47,49,52-53,56-57H,3-38,40,42-46,48,50-51H2,1-2H3,(H,55,58)/b41-39+,49-47+. The van der Waals surface area contributed by atoms with Crippen molar-refractivity contribution in [2.45, 2.75) is 309 Å². The summed E-state index contributed by atoms with van der Waals surface area (Å²) < 4.78 is 0. The highest BCUT2D eigenvalue weighted by molar-refractivity contribution is 5.76. The lowest BCUT2D eigenvalue weighted by molar-refractivity contribution is -0.123. The lowest BCUT2D eigenvalue weighted by Gasteiger charge is -2.19. The lowest BCUT2D eigenvalue weighted by Crippen LogP contribution is -2.45. The molecule has 0 aliphatic heterocycles. The van der Waals surface area contributed by atoms with Gasteiger partial charge < -0.3 is 15.5 Å². The minimum atomic E-state index is -0.859. The van der Waals surface area contributed by atoms with E-state index in [4.69, 9.17) is 0 Å². The number of carbonyl (C=O) groups excluding carboxylic acids is 1. The van der Waals surface area contributed by atoms with Crippen LogP contribution in [-0.2, 0) is 4.79 Å². The molecule has 2 unspecified atom stereocenters. The van der Waals surface area contributed by atoms with Gasteiger partial charge in [-0.2, -0.15) is 0 Å². The summed E-state index contributed by atoms with van der Waals surface area (Å²) in [7, 11) is 0. The molecule has 0 aliphatic rings. The predicted octanol–water partition coefficient (Wildman–Crippen LogP) is 17.1. The molecule has 0 heterocycles.